The van der Waals surface area contributed by atoms with Gasteiger partial charge in [0.15, 0.2) is 0 Å². The van der Waals surface area contributed by atoms with Crippen molar-refractivity contribution in [2.24, 2.45) is 7.05 Å². The summed E-state index contributed by atoms with van der Waals surface area (Å²) in [6, 6.07) is -2.33. The van der Waals surface area contributed by atoms with E-state index in [1.807, 2.05) is 0 Å². The number of allylic oxidation sites excluding steroid dienone is 1. The molecule has 0 spiro atoms. The van der Waals surface area contributed by atoms with Crippen LogP contribution in [0, 0.1) is 0 Å². The third-order valence-corrected chi connectivity index (χ3v) is 4.43. The van der Waals surface area contributed by atoms with Crippen molar-refractivity contribution in [2.75, 3.05) is 0 Å². The highest BCUT2D eigenvalue weighted by Crippen LogP contribution is 2.29. The molecular weight excluding hydrogens is 325 g/mol. The summed E-state index contributed by atoms with van der Waals surface area (Å²) < 4.78 is 64.2. The maximum absolute atomic E-state index is 12.5. The van der Waals surface area contributed by atoms with Gasteiger partial charge in [-0.25, -0.2) is 8.42 Å². The van der Waals surface area contributed by atoms with Crippen LogP contribution in [0.5, 0.6) is 0 Å². The van der Waals surface area contributed by atoms with Crippen molar-refractivity contribution in [3.63, 3.8) is 0 Å². The van der Waals surface area contributed by atoms with Crippen molar-refractivity contribution in [1.29, 1.82) is 0 Å². The third kappa shape index (κ3) is 3.50. The molecule has 22 heavy (non-hydrogen) atoms. The van der Waals surface area contributed by atoms with E-state index in [4.69, 9.17) is 0 Å². The number of carbonyl (C=O) groups excluding carboxylic acids is 1. The van der Waals surface area contributed by atoms with Gasteiger partial charge in [0, 0.05) is 18.8 Å². The first kappa shape index (κ1) is 18.2. The fourth-order valence-corrected chi connectivity index (χ4v) is 3.39. The predicted octanol–water partition coefficient (Wildman–Crippen LogP) is 0.651. The molecule has 0 fully saturated rings. The fourth-order valence-electron chi connectivity index (χ4n) is 1.82. The zero-order valence-corrected chi connectivity index (χ0v) is 12.8. The lowest BCUT2D eigenvalue weighted by molar-refractivity contribution is -0.255. The number of aromatic nitrogens is 1. The second-order valence-corrected chi connectivity index (χ2v) is 6.46. The number of hydrogen-bond acceptors (Lipinski definition) is 4. The second-order valence-electron chi connectivity index (χ2n) is 4.78. The van der Waals surface area contributed by atoms with Gasteiger partial charge in [0.2, 0.25) is 10.0 Å². The molecule has 1 N–H and O–H groups in total. The molecule has 0 aliphatic carbocycles. The van der Waals surface area contributed by atoms with Gasteiger partial charge in [-0.15, -0.1) is 0 Å². The van der Waals surface area contributed by atoms with Crippen molar-refractivity contribution in [2.45, 2.75) is 31.0 Å². The van der Waals surface area contributed by atoms with Crippen LogP contribution in [0.3, 0.4) is 0 Å². The van der Waals surface area contributed by atoms with Gasteiger partial charge in [0.25, 0.3) is 0 Å². The molecule has 0 amide bonds. The Morgan fingerprint density at radius 1 is 1.45 bits per heavy atom. The molecule has 1 aromatic heterocycles. The minimum Gasteiger partial charge on any atom is -0.543 e. The van der Waals surface area contributed by atoms with Crippen LogP contribution in [0.4, 0.5) is 13.2 Å². The smallest absolute Gasteiger partial charge is 0.404 e. The summed E-state index contributed by atoms with van der Waals surface area (Å²) in [5.41, 5.74) is -0.697. The third-order valence-electron chi connectivity index (χ3n) is 2.88. The number of rotatable bonds is 5. The molecule has 0 saturated carbocycles. The number of halogens is 3. The molecule has 1 heterocycles. The zero-order chi connectivity index (χ0) is 17.5. The molecule has 124 valence electrons. The first-order valence-electron chi connectivity index (χ1n) is 5.94. The highest BCUT2D eigenvalue weighted by Gasteiger charge is 2.39. The number of nitrogens with one attached hydrogen (secondary N) is 1. The summed E-state index contributed by atoms with van der Waals surface area (Å²) in [5.74, 6) is -1.66. The average Bonchev–Trinajstić information content (AvgIpc) is 2.65. The molecule has 0 bridgehead atoms. The van der Waals surface area contributed by atoms with E-state index in [1.54, 1.807) is 0 Å². The Kier molecular flexibility index (Phi) is 4.78. The van der Waals surface area contributed by atoms with Crippen LogP contribution in [-0.2, 0) is 17.1 Å². The summed E-state index contributed by atoms with van der Waals surface area (Å²) in [7, 11) is -3.36. The number of aromatic carboxylic acids is 1. The largest absolute Gasteiger partial charge is 0.543 e. The first-order chi connectivity index (χ1) is 9.79. The second kappa shape index (κ2) is 5.76. The number of hydrogen-bond donors (Lipinski definition) is 1. The van der Waals surface area contributed by atoms with Crippen molar-refractivity contribution in [1.82, 2.24) is 9.29 Å². The summed E-state index contributed by atoms with van der Waals surface area (Å²) in [5, 5.41) is 11.1. The van der Waals surface area contributed by atoms with Crippen molar-refractivity contribution in [3.8, 4) is 0 Å². The standard InChI is InChI=1S/C12H15F3N2O4S/c1-6(2)9-8(5-17(4)10(9)11(18)19)22(20,21)16-7(3)12(13,14)15/h5,7,16H,1H2,2-4H3,(H,18,19)/p-1/t7-/m1/s1. The van der Waals surface area contributed by atoms with Gasteiger partial charge in [-0.1, -0.05) is 6.58 Å². The first-order valence-corrected chi connectivity index (χ1v) is 7.43. The summed E-state index contributed by atoms with van der Waals surface area (Å²) >= 11 is 0. The van der Waals surface area contributed by atoms with Gasteiger partial charge in [-0.2, -0.15) is 17.9 Å². The fraction of sp³-hybridized carbons (Fsp3) is 0.417. The van der Waals surface area contributed by atoms with Crippen molar-refractivity contribution < 1.29 is 31.5 Å². The lowest BCUT2D eigenvalue weighted by atomic mass is 10.1. The quantitative estimate of drug-likeness (QED) is 0.853. The SMILES string of the molecule is C=C(C)c1c(S(=O)(=O)N[C@H](C)C(F)(F)F)cn(C)c1C(=O)[O-]. The lowest BCUT2D eigenvalue weighted by Crippen LogP contribution is -2.43. The molecule has 0 saturated heterocycles. The predicted molar refractivity (Wildman–Crippen MR) is 70.3 cm³/mol. The maximum atomic E-state index is 12.5. The molecule has 0 unspecified atom stereocenters. The number of sulfonamides is 1. The molecule has 1 rings (SSSR count). The monoisotopic (exact) mass is 339 g/mol. The van der Waals surface area contributed by atoms with Gasteiger partial charge >= 0.3 is 6.18 Å². The average molecular weight is 339 g/mol. The Hall–Kier alpha value is -1.81. The Labute approximate surface area is 125 Å². The van der Waals surface area contributed by atoms with Gasteiger partial charge in [0.1, 0.15) is 10.9 Å². The highest BCUT2D eigenvalue weighted by atomic mass is 32.2. The number of carbonyl (C=O) groups is 1. The summed E-state index contributed by atoms with van der Waals surface area (Å²) in [6.45, 7) is 5.45. The topological polar surface area (TPSA) is 91.2 Å². The van der Waals surface area contributed by atoms with Crippen LogP contribution in [-0.4, -0.2) is 31.2 Å². The van der Waals surface area contributed by atoms with Crippen LogP contribution in [0.25, 0.3) is 5.57 Å². The van der Waals surface area contributed by atoms with Gasteiger partial charge in [-0.05, 0) is 19.4 Å². The molecule has 0 aliphatic heterocycles. The van der Waals surface area contributed by atoms with Crippen LogP contribution in [0.15, 0.2) is 17.7 Å². The number of aryl methyl sites for hydroxylation is 1. The van der Waals surface area contributed by atoms with Crippen LogP contribution >= 0.6 is 0 Å². The number of carboxylic acids is 1. The maximum Gasteiger partial charge on any atom is 0.404 e. The Balaban J connectivity index is 3.47. The molecule has 0 aliphatic rings. The molecule has 6 nitrogen and oxygen atoms in total. The van der Waals surface area contributed by atoms with Crippen LogP contribution < -0.4 is 9.83 Å². The Morgan fingerprint density at radius 2 is 1.95 bits per heavy atom. The van der Waals surface area contributed by atoms with Crippen LogP contribution in [0.1, 0.15) is 29.9 Å². The molecule has 1 atom stereocenters. The van der Waals surface area contributed by atoms with Crippen molar-refractivity contribution in [3.05, 3.63) is 24.0 Å². The van der Waals surface area contributed by atoms with E-state index in [9.17, 15) is 31.5 Å². The van der Waals surface area contributed by atoms with E-state index < -0.39 is 38.8 Å². The molecule has 0 aromatic carbocycles. The van der Waals surface area contributed by atoms with E-state index in [0.29, 0.717) is 6.92 Å². The highest BCUT2D eigenvalue weighted by molar-refractivity contribution is 7.89. The Bertz CT molecular complexity index is 719. The van der Waals surface area contributed by atoms with Gasteiger partial charge in [-0.3, -0.25) is 0 Å². The minimum atomic E-state index is -4.78. The van der Waals surface area contributed by atoms with E-state index >= 15 is 0 Å². The zero-order valence-electron chi connectivity index (χ0n) is 12.0. The van der Waals surface area contributed by atoms with Crippen LogP contribution in [0.2, 0.25) is 0 Å². The normalized spacial score (nSPS) is 13.9. The number of nitrogens with zero attached hydrogens (tertiary/aromatic N) is 1. The van der Waals surface area contributed by atoms with E-state index in [-0.39, 0.29) is 11.1 Å². The molecule has 0 radical (unpaired) electrons. The summed E-state index contributed by atoms with van der Waals surface area (Å²) in [6.07, 6.45) is -3.87. The van der Waals surface area contributed by atoms with E-state index in [1.165, 1.54) is 18.7 Å². The molecule has 10 heteroatoms. The Morgan fingerprint density at radius 3 is 2.32 bits per heavy atom. The van der Waals surface area contributed by atoms with E-state index in [2.05, 4.69) is 6.58 Å². The summed E-state index contributed by atoms with van der Waals surface area (Å²) in [4.78, 5) is 10.5. The minimum absolute atomic E-state index is 0.0693. The number of alkyl halides is 3. The van der Waals surface area contributed by atoms with Crippen molar-refractivity contribution >= 4 is 21.6 Å². The number of carboxylic acid groups (broad SMARTS) is 1. The molecule has 1 aromatic rings. The van der Waals surface area contributed by atoms with Gasteiger partial charge in [0.05, 0.1) is 11.7 Å². The lowest BCUT2D eigenvalue weighted by Gasteiger charge is -2.17. The van der Waals surface area contributed by atoms with E-state index in [0.717, 1.165) is 10.8 Å². The van der Waals surface area contributed by atoms with Gasteiger partial charge < -0.3 is 14.5 Å². The molecular formula is C12H14F3N2O4S-.